The van der Waals surface area contributed by atoms with Crippen molar-refractivity contribution in [2.75, 3.05) is 4.31 Å². The van der Waals surface area contributed by atoms with E-state index in [-0.39, 0.29) is 26.9 Å². The Morgan fingerprint density at radius 1 is 1.30 bits per heavy atom. The minimum Gasteiger partial charge on any atom is -0.263 e. The largest absolute Gasteiger partial charge is 0.266 e. The number of halogens is 3. The quantitative estimate of drug-likeness (QED) is 0.744. The molecule has 0 aliphatic carbocycles. The number of fused-ring (bicyclic) bond motifs is 1. The summed E-state index contributed by atoms with van der Waals surface area (Å²) in [6.07, 6.45) is 2.40. The topological polar surface area (TPSA) is 50.3 Å². The lowest BCUT2D eigenvalue weighted by Crippen LogP contribution is -2.42. The maximum absolute atomic E-state index is 13.4. The third-order valence-corrected chi connectivity index (χ3v) is 6.42. The van der Waals surface area contributed by atoms with Crippen LogP contribution in [0.5, 0.6) is 0 Å². The van der Waals surface area contributed by atoms with E-state index in [1.807, 2.05) is 6.92 Å². The summed E-state index contributed by atoms with van der Waals surface area (Å²) in [7, 11) is -3.87. The lowest BCUT2D eigenvalue weighted by atomic mass is 9.99. The summed E-state index contributed by atoms with van der Waals surface area (Å²) in [6.45, 7) is 1.81. The molecular weight excluding hydrogens is 362 g/mol. The van der Waals surface area contributed by atoms with Gasteiger partial charge < -0.3 is 0 Å². The van der Waals surface area contributed by atoms with Gasteiger partial charge in [0.2, 0.25) is 0 Å². The first-order valence-corrected chi connectivity index (χ1v) is 9.14. The Bertz CT molecular complexity index is 874. The lowest BCUT2D eigenvalue weighted by molar-refractivity contribution is 0.560. The molecule has 23 heavy (non-hydrogen) atoms. The van der Waals surface area contributed by atoms with Crippen LogP contribution in [-0.2, 0) is 16.4 Å². The van der Waals surface area contributed by atoms with Crippen LogP contribution in [0.1, 0.15) is 18.9 Å². The fraction of sp³-hybridized carbons (Fsp3) is 0.267. The molecule has 0 unspecified atom stereocenters. The van der Waals surface area contributed by atoms with Crippen LogP contribution in [0.15, 0.2) is 35.4 Å². The molecule has 0 saturated carbocycles. The van der Waals surface area contributed by atoms with Crippen LogP contribution in [0, 0.1) is 5.82 Å². The smallest absolute Gasteiger partial charge is 0.263 e. The van der Waals surface area contributed by atoms with Gasteiger partial charge in [-0.2, -0.15) is 0 Å². The van der Waals surface area contributed by atoms with Crippen LogP contribution in [0.3, 0.4) is 0 Å². The summed E-state index contributed by atoms with van der Waals surface area (Å²) >= 11 is 11.6. The third kappa shape index (κ3) is 2.91. The molecular formula is C15H13Cl2FN2O2S. The van der Waals surface area contributed by atoms with Gasteiger partial charge in [0.1, 0.15) is 15.9 Å². The zero-order valence-corrected chi connectivity index (χ0v) is 14.5. The van der Waals surface area contributed by atoms with Crippen molar-refractivity contribution in [2.24, 2.45) is 0 Å². The summed E-state index contributed by atoms with van der Waals surface area (Å²) in [4.78, 5) is 3.76. The SMILES string of the molecule is C[C@H]1CCc2cc(F)ccc2N1S(=O)(=O)c1cnc(Cl)c(Cl)c1. The number of aromatic nitrogens is 1. The number of hydrogen-bond acceptors (Lipinski definition) is 3. The molecule has 0 saturated heterocycles. The predicted octanol–water partition coefficient (Wildman–Crippen LogP) is 4.06. The molecule has 2 aromatic rings. The van der Waals surface area contributed by atoms with Crippen molar-refractivity contribution in [1.82, 2.24) is 4.98 Å². The van der Waals surface area contributed by atoms with Gasteiger partial charge >= 0.3 is 0 Å². The number of benzene rings is 1. The Morgan fingerprint density at radius 2 is 2.04 bits per heavy atom. The number of rotatable bonds is 2. The Morgan fingerprint density at radius 3 is 2.74 bits per heavy atom. The van der Waals surface area contributed by atoms with Crippen molar-refractivity contribution in [3.05, 3.63) is 52.0 Å². The zero-order chi connectivity index (χ0) is 16.8. The molecule has 1 aliphatic rings. The molecule has 1 aliphatic heterocycles. The van der Waals surface area contributed by atoms with Crippen molar-refractivity contribution in [1.29, 1.82) is 0 Å². The molecule has 1 atom stereocenters. The molecule has 0 fully saturated rings. The summed E-state index contributed by atoms with van der Waals surface area (Å²) in [6, 6.07) is 5.13. The number of anilines is 1. The molecule has 0 N–H and O–H groups in total. The Labute approximate surface area is 143 Å². The number of sulfonamides is 1. The van der Waals surface area contributed by atoms with E-state index < -0.39 is 10.0 Å². The van der Waals surface area contributed by atoms with Gasteiger partial charge in [-0.1, -0.05) is 23.2 Å². The number of pyridine rings is 1. The fourth-order valence-corrected chi connectivity index (χ4v) is 4.74. The van der Waals surface area contributed by atoms with E-state index in [0.717, 1.165) is 0 Å². The minimum atomic E-state index is -3.87. The molecule has 4 nitrogen and oxygen atoms in total. The summed E-state index contributed by atoms with van der Waals surface area (Å²) in [5.41, 5.74) is 1.15. The van der Waals surface area contributed by atoms with E-state index in [4.69, 9.17) is 23.2 Å². The van der Waals surface area contributed by atoms with Gasteiger partial charge in [-0.15, -0.1) is 0 Å². The van der Waals surface area contributed by atoms with Crippen molar-refractivity contribution in [2.45, 2.75) is 30.7 Å². The standard InChI is InChI=1S/C15H13Cl2FN2O2S/c1-9-2-3-10-6-11(18)4-5-14(10)20(9)23(21,22)12-7-13(16)15(17)19-8-12/h4-9H,2-3H2,1H3/t9-/m0/s1. The van der Waals surface area contributed by atoms with Gasteiger partial charge in [-0.25, -0.2) is 17.8 Å². The Balaban J connectivity index is 2.14. The number of aryl methyl sites for hydroxylation is 1. The second-order valence-electron chi connectivity index (χ2n) is 5.41. The fourth-order valence-electron chi connectivity index (χ4n) is 2.71. The molecule has 0 amide bonds. The predicted molar refractivity (Wildman–Crippen MR) is 88.1 cm³/mol. The summed E-state index contributed by atoms with van der Waals surface area (Å²) < 4.78 is 40.7. The van der Waals surface area contributed by atoms with Crippen LogP contribution in [0.4, 0.5) is 10.1 Å². The molecule has 0 radical (unpaired) electrons. The minimum absolute atomic E-state index is 0.0415. The highest BCUT2D eigenvalue weighted by atomic mass is 35.5. The highest BCUT2D eigenvalue weighted by molar-refractivity contribution is 7.92. The molecule has 3 rings (SSSR count). The molecule has 0 bridgehead atoms. The first kappa shape index (κ1) is 16.5. The lowest BCUT2D eigenvalue weighted by Gasteiger charge is -2.35. The molecule has 0 spiro atoms. The average Bonchev–Trinajstić information content (AvgIpc) is 2.49. The number of hydrogen-bond donors (Lipinski definition) is 0. The zero-order valence-electron chi connectivity index (χ0n) is 12.1. The van der Waals surface area contributed by atoms with E-state index in [1.54, 1.807) is 0 Å². The van der Waals surface area contributed by atoms with Crippen LogP contribution >= 0.6 is 23.2 Å². The molecule has 1 aromatic carbocycles. The number of nitrogens with zero attached hydrogens (tertiary/aromatic N) is 2. The van der Waals surface area contributed by atoms with Gasteiger partial charge in [0, 0.05) is 12.2 Å². The van der Waals surface area contributed by atoms with Crippen molar-refractivity contribution < 1.29 is 12.8 Å². The average molecular weight is 375 g/mol. The summed E-state index contributed by atoms with van der Waals surface area (Å²) in [5, 5.41) is 0.108. The summed E-state index contributed by atoms with van der Waals surface area (Å²) in [5.74, 6) is -0.383. The van der Waals surface area contributed by atoms with Crippen LogP contribution < -0.4 is 4.31 Å². The van der Waals surface area contributed by atoms with Crippen LogP contribution in [0.2, 0.25) is 10.2 Å². The van der Waals surface area contributed by atoms with E-state index in [9.17, 15) is 12.8 Å². The van der Waals surface area contributed by atoms with Crippen molar-refractivity contribution >= 4 is 38.9 Å². The second kappa shape index (κ2) is 5.92. The molecule has 2 heterocycles. The monoisotopic (exact) mass is 374 g/mol. The van der Waals surface area contributed by atoms with E-state index in [2.05, 4.69) is 4.98 Å². The maximum atomic E-state index is 13.4. The molecule has 8 heteroatoms. The second-order valence-corrected chi connectivity index (χ2v) is 7.99. The van der Waals surface area contributed by atoms with E-state index in [1.165, 1.54) is 34.8 Å². The van der Waals surface area contributed by atoms with Crippen LogP contribution in [0.25, 0.3) is 0 Å². The van der Waals surface area contributed by atoms with Gasteiger partial charge in [0.15, 0.2) is 0 Å². The maximum Gasteiger partial charge on any atom is 0.266 e. The third-order valence-electron chi connectivity index (χ3n) is 3.84. The molecule has 1 aromatic heterocycles. The van der Waals surface area contributed by atoms with E-state index >= 15 is 0 Å². The van der Waals surface area contributed by atoms with Gasteiger partial charge in [-0.3, -0.25) is 4.31 Å². The Hall–Kier alpha value is -1.37. The molecule has 122 valence electrons. The van der Waals surface area contributed by atoms with Gasteiger partial charge in [0.25, 0.3) is 10.0 Å². The highest BCUT2D eigenvalue weighted by Crippen LogP contribution is 2.36. The van der Waals surface area contributed by atoms with Gasteiger partial charge in [-0.05, 0) is 49.6 Å². The highest BCUT2D eigenvalue weighted by Gasteiger charge is 2.34. The van der Waals surface area contributed by atoms with E-state index in [0.29, 0.717) is 24.1 Å². The van der Waals surface area contributed by atoms with Crippen molar-refractivity contribution in [3.63, 3.8) is 0 Å². The van der Waals surface area contributed by atoms with Crippen LogP contribution in [-0.4, -0.2) is 19.4 Å². The van der Waals surface area contributed by atoms with Gasteiger partial charge in [0.05, 0.1) is 10.7 Å². The van der Waals surface area contributed by atoms with Crippen molar-refractivity contribution in [3.8, 4) is 0 Å². The first-order valence-electron chi connectivity index (χ1n) is 6.94. The first-order chi connectivity index (χ1) is 10.8. The Kier molecular flexibility index (Phi) is 4.25. The normalized spacial score (nSPS) is 17.9.